The summed E-state index contributed by atoms with van der Waals surface area (Å²) in [5.41, 5.74) is 2.78. The average molecular weight is 455 g/mol. The summed E-state index contributed by atoms with van der Waals surface area (Å²) in [6.45, 7) is 0.461. The summed E-state index contributed by atoms with van der Waals surface area (Å²) in [6, 6.07) is 19.1. The number of nitrogens with zero attached hydrogens (tertiary/aromatic N) is 1. The molecule has 1 N–H and O–H groups in total. The van der Waals surface area contributed by atoms with E-state index >= 15 is 0 Å². The fourth-order valence-corrected chi connectivity index (χ4v) is 3.59. The molecule has 0 unspecified atom stereocenters. The molecule has 6 nitrogen and oxygen atoms in total. The minimum atomic E-state index is -3.62. The monoisotopic (exact) mass is 454 g/mol. The lowest BCUT2D eigenvalue weighted by Gasteiger charge is -2.11. The van der Waals surface area contributed by atoms with Gasteiger partial charge >= 0.3 is 0 Å². The zero-order valence-electron chi connectivity index (χ0n) is 17.1. The molecule has 160 valence electrons. The molecule has 1 amide bonds. The van der Waals surface area contributed by atoms with Crippen molar-refractivity contribution >= 4 is 39.8 Å². The van der Waals surface area contributed by atoms with Crippen molar-refractivity contribution in [2.45, 2.75) is 11.5 Å². The Bertz CT molecular complexity index is 1180. The van der Waals surface area contributed by atoms with Crippen molar-refractivity contribution in [2.24, 2.45) is 0 Å². The Morgan fingerprint density at radius 3 is 2.52 bits per heavy atom. The molecule has 31 heavy (non-hydrogen) atoms. The molecule has 1 aromatic heterocycles. The maximum Gasteiger partial charge on any atom is 0.266 e. The SMILES string of the molecule is CSc1ccc(OCc2ccccc2)c(C=Cc2ccc(C(=O)NS(C)(=O)=O)cn2)c1. The molecule has 0 aliphatic carbocycles. The molecule has 0 saturated heterocycles. The fraction of sp³-hybridized carbons (Fsp3) is 0.130. The Kier molecular flexibility index (Phi) is 7.49. The van der Waals surface area contributed by atoms with Gasteiger partial charge in [0, 0.05) is 16.7 Å². The number of carbonyl (C=O) groups is 1. The standard InChI is InChI=1S/C23H22N2O4S2/c1-30-21-12-13-22(29-16-17-6-4-3-5-7-17)18(14-21)8-10-20-11-9-19(15-24-20)23(26)25-31(2,27)28/h3-15H,16H2,1-2H3,(H,25,26). The second kappa shape index (κ2) is 10.3. The van der Waals surface area contributed by atoms with E-state index in [1.54, 1.807) is 17.8 Å². The summed E-state index contributed by atoms with van der Waals surface area (Å²) in [4.78, 5) is 17.2. The molecule has 0 aliphatic heterocycles. The molecule has 3 rings (SSSR count). The largest absolute Gasteiger partial charge is 0.488 e. The van der Waals surface area contributed by atoms with Gasteiger partial charge in [0.2, 0.25) is 10.0 Å². The third-order valence-corrected chi connectivity index (χ3v) is 5.50. The molecule has 1 heterocycles. The van der Waals surface area contributed by atoms with Crippen molar-refractivity contribution in [1.82, 2.24) is 9.71 Å². The van der Waals surface area contributed by atoms with Crippen LogP contribution in [0.5, 0.6) is 5.75 Å². The Morgan fingerprint density at radius 2 is 1.87 bits per heavy atom. The van der Waals surface area contributed by atoms with Crippen LogP contribution >= 0.6 is 11.8 Å². The highest BCUT2D eigenvalue weighted by atomic mass is 32.2. The van der Waals surface area contributed by atoms with Crippen LogP contribution in [0.25, 0.3) is 12.2 Å². The van der Waals surface area contributed by atoms with Crippen molar-refractivity contribution < 1.29 is 17.9 Å². The second-order valence-electron chi connectivity index (χ2n) is 6.69. The Morgan fingerprint density at radius 1 is 1.10 bits per heavy atom. The minimum Gasteiger partial charge on any atom is -0.488 e. The number of carbonyl (C=O) groups excluding carboxylic acids is 1. The molecule has 0 spiro atoms. The number of nitrogens with one attached hydrogen (secondary N) is 1. The van der Waals surface area contributed by atoms with Crippen molar-refractivity contribution in [1.29, 1.82) is 0 Å². The van der Waals surface area contributed by atoms with Crippen LogP contribution in [0.4, 0.5) is 0 Å². The van der Waals surface area contributed by atoms with E-state index in [1.807, 2.05) is 71.7 Å². The van der Waals surface area contributed by atoms with Crippen molar-refractivity contribution in [2.75, 3.05) is 12.5 Å². The van der Waals surface area contributed by atoms with Gasteiger partial charge in [-0.3, -0.25) is 9.78 Å². The van der Waals surface area contributed by atoms with Crippen LogP contribution in [0.15, 0.2) is 71.8 Å². The molecular weight excluding hydrogens is 432 g/mol. The van der Waals surface area contributed by atoms with Crippen LogP contribution in [0.3, 0.4) is 0 Å². The third-order valence-electron chi connectivity index (χ3n) is 4.21. The van der Waals surface area contributed by atoms with Gasteiger partial charge in [-0.1, -0.05) is 30.3 Å². The van der Waals surface area contributed by atoms with Crippen molar-refractivity contribution in [3.8, 4) is 5.75 Å². The number of amides is 1. The molecule has 0 bridgehead atoms. The Balaban J connectivity index is 1.76. The van der Waals surface area contributed by atoms with E-state index in [9.17, 15) is 13.2 Å². The first-order valence-electron chi connectivity index (χ1n) is 9.35. The molecule has 0 atom stereocenters. The summed E-state index contributed by atoms with van der Waals surface area (Å²) in [6.07, 6.45) is 7.99. The van der Waals surface area contributed by atoms with E-state index in [2.05, 4.69) is 4.98 Å². The lowest BCUT2D eigenvalue weighted by molar-refractivity contribution is 0.0981. The fourth-order valence-electron chi connectivity index (χ4n) is 2.69. The van der Waals surface area contributed by atoms with Crippen molar-refractivity contribution in [3.63, 3.8) is 0 Å². The third kappa shape index (κ3) is 6.97. The first-order valence-corrected chi connectivity index (χ1v) is 12.5. The molecule has 0 saturated carbocycles. The summed E-state index contributed by atoms with van der Waals surface area (Å²) in [5.74, 6) is 0.0388. The summed E-state index contributed by atoms with van der Waals surface area (Å²) in [7, 11) is -3.62. The number of sulfonamides is 1. The number of aromatic nitrogens is 1. The summed E-state index contributed by atoms with van der Waals surface area (Å²) in [5, 5.41) is 0. The number of rotatable bonds is 8. The highest BCUT2D eigenvalue weighted by Crippen LogP contribution is 2.27. The molecule has 8 heteroatoms. The van der Waals surface area contributed by atoms with Gasteiger partial charge in [-0.15, -0.1) is 11.8 Å². The highest BCUT2D eigenvalue weighted by molar-refractivity contribution is 7.98. The molecule has 3 aromatic rings. The van der Waals surface area contributed by atoms with Gasteiger partial charge in [0.05, 0.1) is 17.5 Å². The first-order chi connectivity index (χ1) is 14.8. The van der Waals surface area contributed by atoms with Crippen LogP contribution in [0.1, 0.15) is 27.2 Å². The van der Waals surface area contributed by atoms with Crippen LogP contribution in [0.2, 0.25) is 0 Å². The number of thioether (sulfide) groups is 1. The second-order valence-corrected chi connectivity index (χ2v) is 9.31. The van der Waals surface area contributed by atoms with E-state index in [0.29, 0.717) is 12.3 Å². The molecular formula is C23H22N2O4S2. The van der Waals surface area contributed by atoms with E-state index in [0.717, 1.165) is 28.0 Å². The number of pyridine rings is 1. The average Bonchev–Trinajstić information content (AvgIpc) is 2.76. The number of benzene rings is 2. The lowest BCUT2D eigenvalue weighted by Crippen LogP contribution is -2.29. The van der Waals surface area contributed by atoms with Gasteiger partial charge in [0.15, 0.2) is 0 Å². The first kappa shape index (κ1) is 22.6. The van der Waals surface area contributed by atoms with E-state index in [4.69, 9.17) is 4.74 Å². The van der Waals surface area contributed by atoms with E-state index in [-0.39, 0.29) is 5.56 Å². The Labute approximate surface area is 186 Å². The topological polar surface area (TPSA) is 85.4 Å². The zero-order chi connectivity index (χ0) is 22.3. The van der Waals surface area contributed by atoms with Crippen LogP contribution in [0, 0.1) is 0 Å². The van der Waals surface area contributed by atoms with Gasteiger partial charge in [-0.25, -0.2) is 13.1 Å². The van der Waals surface area contributed by atoms with Crippen LogP contribution in [-0.4, -0.2) is 31.8 Å². The number of hydrogen-bond donors (Lipinski definition) is 1. The minimum absolute atomic E-state index is 0.166. The van der Waals surface area contributed by atoms with Gasteiger partial charge in [-0.2, -0.15) is 0 Å². The normalized spacial score (nSPS) is 11.4. The van der Waals surface area contributed by atoms with Crippen LogP contribution < -0.4 is 9.46 Å². The van der Waals surface area contributed by atoms with Gasteiger partial charge in [0.25, 0.3) is 5.91 Å². The predicted octanol–water partition coefficient (Wildman–Crippen LogP) is 4.24. The highest BCUT2D eigenvalue weighted by Gasteiger charge is 2.11. The maximum absolute atomic E-state index is 11.9. The predicted molar refractivity (Wildman–Crippen MR) is 124 cm³/mol. The summed E-state index contributed by atoms with van der Waals surface area (Å²) >= 11 is 1.64. The van der Waals surface area contributed by atoms with Gasteiger partial charge in [0.1, 0.15) is 12.4 Å². The maximum atomic E-state index is 11.9. The zero-order valence-corrected chi connectivity index (χ0v) is 18.7. The van der Waals surface area contributed by atoms with Crippen LogP contribution in [-0.2, 0) is 16.6 Å². The van der Waals surface area contributed by atoms with E-state index < -0.39 is 15.9 Å². The van der Waals surface area contributed by atoms with Gasteiger partial charge < -0.3 is 4.74 Å². The quantitative estimate of drug-likeness (QED) is 0.513. The lowest BCUT2D eigenvalue weighted by atomic mass is 10.1. The Hall–Kier alpha value is -3.10. The molecule has 2 aromatic carbocycles. The van der Waals surface area contributed by atoms with Gasteiger partial charge in [-0.05, 0) is 54.3 Å². The number of hydrogen-bond acceptors (Lipinski definition) is 6. The van der Waals surface area contributed by atoms with Crippen molar-refractivity contribution in [3.05, 3.63) is 89.2 Å². The molecule has 0 fully saturated rings. The van der Waals surface area contributed by atoms with E-state index in [1.165, 1.54) is 12.3 Å². The molecule has 0 radical (unpaired) electrons. The molecule has 0 aliphatic rings. The smallest absolute Gasteiger partial charge is 0.266 e. The summed E-state index contributed by atoms with van der Waals surface area (Å²) < 4.78 is 30.3. The number of ether oxygens (including phenoxy) is 1.